The molecule has 0 saturated heterocycles. The van der Waals surface area contributed by atoms with Crippen LogP contribution in [0.5, 0.6) is 0 Å². The van der Waals surface area contributed by atoms with E-state index in [0.29, 0.717) is 11.3 Å². The predicted molar refractivity (Wildman–Crippen MR) is 39.1 cm³/mol. The number of aliphatic hydroxyl groups excluding tert-OH is 1. The van der Waals surface area contributed by atoms with E-state index in [-0.39, 0.29) is 5.56 Å². The van der Waals surface area contributed by atoms with Gasteiger partial charge in [-0.1, -0.05) is 0 Å². The molecule has 1 aromatic heterocycles. The highest BCUT2D eigenvalue weighted by molar-refractivity contribution is 5.31. The topological polar surface area (TPSA) is 33.4 Å². The molecule has 0 aliphatic carbocycles. The third-order valence-electron chi connectivity index (χ3n) is 1.90. The van der Waals surface area contributed by atoms with Gasteiger partial charge in [0.2, 0.25) is 0 Å². The molecule has 0 aliphatic heterocycles. The van der Waals surface area contributed by atoms with E-state index in [0.717, 1.165) is 0 Å². The Balaban J connectivity index is 3.20. The van der Waals surface area contributed by atoms with E-state index in [4.69, 9.17) is 9.52 Å². The third-order valence-corrected chi connectivity index (χ3v) is 1.90. The van der Waals surface area contributed by atoms with Crippen LogP contribution in [0.4, 0.5) is 8.78 Å². The average molecular weight is 176 g/mol. The Labute approximate surface area is 68.8 Å². The molecule has 12 heavy (non-hydrogen) atoms. The minimum absolute atomic E-state index is 0.211. The molecule has 0 aromatic carbocycles. The van der Waals surface area contributed by atoms with Crippen molar-refractivity contribution in [2.45, 2.75) is 26.9 Å². The molecule has 0 unspecified atom stereocenters. The second-order valence-corrected chi connectivity index (χ2v) is 2.58. The summed E-state index contributed by atoms with van der Waals surface area (Å²) in [7, 11) is 0. The largest absolute Gasteiger partial charge is 0.460 e. The van der Waals surface area contributed by atoms with Crippen molar-refractivity contribution in [3.63, 3.8) is 0 Å². The Morgan fingerprint density at radius 3 is 2.33 bits per heavy atom. The van der Waals surface area contributed by atoms with Gasteiger partial charge in [0.15, 0.2) is 5.76 Å². The van der Waals surface area contributed by atoms with Crippen molar-refractivity contribution in [2.24, 2.45) is 0 Å². The molecule has 0 atom stereocenters. The first-order valence-electron chi connectivity index (χ1n) is 3.55. The summed E-state index contributed by atoms with van der Waals surface area (Å²) in [6.07, 6.45) is -2.65. The second kappa shape index (κ2) is 3.23. The van der Waals surface area contributed by atoms with E-state index >= 15 is 0 Å². The molecule has 68 valence electrons. The van der Waals surface area contributed by atoms with Crippen molar-refractivity contribution >= 4 is 0 Å². The molecule has 1 N–H and O–H groups in total. The Morgan fingerprint density at radius 2 is 2.00 bits per heavy atom. The number of hydrogen-bond donors (Lipinski definition) is 1. The van der Waals surface area contributed by atoms with Gasteiger partial charge >= 0.3 is 0 Å². The molecule has 0 fully saturated rings. The van der Waals surface area contributed by atoms with Gasteiger partial charge in [-0.25, -0.2) is 8.78 Å². The van der Waals surface area contributed by atoms with Crippen molar-refractivity contribution in [1.29, 1.82) is 0 Å². The molecule has 0 radical (unpaired) electrons. The van der Waals surface area contributed by atoms with Gasteiger partial charge in [-0.15, -0.1) is 0 Å². The number of halogens is 2. The van der Waals surface area contributed by atoms with Crippen LogP contribution in [0.2, 0.25) is 0 Å². The highest BCUT2D eigenvalue weighted by Gasteiger charge is 2.20. The molecule has 0 bridgehead atoms. The summed E-state index contributed by atoms with van der Waals surface area (Å²) in [5, 5.41) is 8.77. The molecular weight excluding hydrogens is 166 g/mol. The first-order chi connectivity index (χ1) is 5.57. The van der Waals surface area contributed by atoms with Gasteiger partial charge in [0.25, 0.3) is 6.43 Å². The van der Waals surface area contributed by atoms with Gasteiger partial charge in [0.05, 0.1) is 6.61 Å². The number of aliphatic hydroxyl groups is 1. The van der Waals surface area contributed by atoms with E-state index < -0.39 is 18.8 Å². The molecule has 1 heterocycles. The summed E-state index contributed by atoms with van der Waals surface area (Å²) in [4.78, 5) is 0. The van der Waals surface area contributed by atoms with Crippen LogP contribution in [0.1, 0.15) is 29.1 Å². The SMILES string of the molecule is Cc1oc(C(F)F)c(CO)c1C. The molecule has 1 rings (SSSR count). The van der Waals surface area contributed by atoms with Crippen LogP contribution in [0.15, 0.2) is 4.42 Å². The standard InChI is InChI=1S/C8H10F2O2/c1-4-5(2)12-7(8(9)10)6(4)3-11/h8,11H,3H2,1-2H3. The second-order valence-electron chi connectivity index (χ2n) is 2.58. The number of rotatable bonds is 2. The summed E-state index contributed by atoms with van der Waals surface area (Å²) in [6, 6.07) is 0. The number of alkyl halides is 2. The van der Waals surface area contributed by atoms with Crippen LogP contribution >= 0.6 is 0 Å². The summed E-state index contributed by atoms with van der Waals surface area (Å²) in [5.74, 6) is 0.0295. The molecular formula is C8H10F2O2. The number of hydrogen-bond acceptors (Lipinski definition) is 2. The van der Waals surface area contributed by atoms with Gasteiger partial charge in [0.1, 0.15) is 5.76 Å². The van der Waals surface area contributed by atoms with Crippen LogP contribution < -0.4 is 0 Å². The lowest BCUT2D eigenvalue weighted by molar-refractivity contribution is 0.116. The predicted octanol–water partition coefficient (Wildman–Crippen LogP) is 2.33. The van der Waals surface area contributed by atoms with E-state index in [2.05, 4.69) is 0 Å². The van der Waals surface area contributed by atoms with E-state index in [1.54, 1.807) is 13.8 Å². The van der Waals surface area contributed by atoms with Gasteiger partial charge < -0.3 is 9.52 Å². The smallest absolute Gasteiger partial charge is 0.295 e. The minimum Gasteiger partial charge on any atom is -0.460 e. The molecule has 1 aromatic rings. The average Bonchev–Trinajstić information content (AvgIpc) is 2.29. The van der Waals surface area contributed by atoms with E-state index in [1.807, 2.05) is 0 Å². The maximum Gasteiger partial charge on any atom is 0.295 e. The Hall–Kier alpha value is -0.900. The van der Waals surface area contributed by atoms with Gasteiger partial charge in [-0.2, -0.15) is 0 Å². The lowest BCUT2D eigenvalue weighted by Gasteiger charge is -1.97. The van der Waals surface area contributed by atoms with Crippen molar-refractivity contribution in [3.05, 3.63) is 22.6 Å². The van der Waals surface area contributed by atoms with Crippen LogP contribution in [0.3, 0.4) is 0 Å². The van der Waals surface area contributed by atoms with Crippen molar-refractivity contribution < 1.29 is 18.3 Å². The van der Waals surface area contributed by atoms with Crippen molar-refractivity contribution in [3.8, 4) is 0 Å². The number of aryl methyl sites for hydroxylation is 1. The number of furan rings is 1. The summed E-state index contributed by atoms with van der Waals surface area (Å²) in [6.45, 7) is 2.85. The Morgan fingerprint density at radius 1 is 1.42 bits per heavy atom. The lowest BCUT2D eigenvalue weighted by atomic mass is 10.1. The van der Waals surface area contributed by atoms with Gasteiger partial charge in [-0.3, -0.25) is 0 Å². The van der Waals surface area contributed by atoms with Gasteiger partial charge in [-0.05, 0) is 19.4 Å². The zero-order valence-corrected chi connectivity index (χ0v) is 6.90. The minimum atomic E-state index is -2.65. The maximum atomic E-state index is 12.2. The van der Waals surface area contributed by atoms with Crippen LogP contribution in [-0.2, 0) is 6.61 Å². The van der Waals surface area contributed by atoms with Crippen molar-refractivity contribution in [2.75, 3.05) is 0 Å². The molecule has 4 heteroatoms. The third kappa shape index (κ3) is 1.34. The maximum absolute atomic E-state index is 12.2. The molecule has 0 spiro atoms. The quantitative estimate of drug-likeness (QED) is 0.750. The lowest BCUT2D eigenvalue weighted by Crippen LogP contribution is -1.90. The zero-order valence-electron chi connectivity index (χ0n) is 6.90. The van der Waals surface area contributed by atoms with E-state index in [1.165, 1.54) is 0 Å². The highest BCUT2D eigenvalue weighted by atomic mass is 19.3. The molecule has 0 saturated carbocycles. The monoisotopic (exact) mass is 176 g/mol. The Kier molecular flexibility index (Phi) is 2.47. The fourth-order valence-electron chi connectivity index (χ4n) is 1.07. The summed E-state index contributed by atoms with van der Waals surface area (Å²) >= 11 is 0. The highest BCUT2D eigenvalue weighted by Crippen LogP contribution is 2.29. The molecule has 0 amide bonds. The first-order valence-corrected chi connectivity index (χ1v) is 3.55. The zero-order chi connectivity index (χ0) is 9.30. The van der Waals surface area contributed by atoms with E-state index in [9.17, 15) is 8.78 Å². The fourth-order valence-corrected chi connectivity index (χ4v) is 1.07. The Bertz CT molecular complexity index is 279. The summed E-state index contributed by atoms with van der Waals surface area (Å²) < 4.78 is 29.2. The van der Waals surface area contributed by atoms with Crippen LogP contribution in [0.25, 0.3) is 0 Å². The van der Waals surface area contributed by atoms with Crippen molar-refractivity contribution in [1.82, 2.24) is 0 Å². The normalized spacial score (nSPS) is 11.2. The molecule has 2 nitrogen and oxygen atoms in total. The molecule has 0 aliphatic rings. The fraction of sp³-hybridized carbons (Fsp3) is 0.500. The van der Waals surface area contributed by atoms with Gasteiger partial charge in [0, 0.05) is 5.56 Å². The van der Waals surface area contributed by atoms with Crippen LogP contribution in [0, 0.1) is 13.8 Å². The first kappa shape index (κ1) is 9.19. The van der Waals surface area contributed by atoms with Crippen LogP contribution in [-0.4, -0.2) is 5.11 Å². The summed E-state index contributed by atoms with van der Waals surface area (Å²) in [5.41, 5.74) is 0.815.